The Morgan fingerprint density at radius 3 is 2.79 bits per heavy atom. The lowest BCUT2D eigenvalue weighted by atomic mass is 10.1. The van der Waals surface area contributed by atoms with Gasteiger partial charge >= 0.3 is 6.36 Å². The Balaban J connectivity index is 1.89. The maximum Gasteiger partial charge on any atom is 0.522 e. The number of hydrogen-bond acceptors (Lipinski definition) is 8. The molecule has 0 aliphatic carbocycles. The molecule has 2 aromatic heterocycles. The van der Waals surface area contributed by atoms with E-state index in [1.165, 1.54) is 0 Å². The van der Waals surface area contributed by atoms with E-state index in [4.69, 9.17) is 10.5 Å². The summed E-state index contributed by atoms with van der Waals surface area (Å²) in [5, 5.41) is 19.9. The van der Waals surface area contributed by atoms with Crippen LogP contribution in [0.3, 0.4) is 0 Å². The number of anilines is 1. The second-order valence-electron chi connectivity index (χ2n) is 5.08. The molecule has 0 saturated carbocycles. The van der Waals surface area contributed by atoms with Gasteiger partial charge in [0, 0.05) is 0 Å². The van der Waals surface area contributed by atoms with Gasteiger partial charge < -0.3 is 20.7 Å². The molecule has 5 N–H and O–H groups in total. The van der Waals surface area contributed by atoms with E-state index < -0.39 is 43.1 Å². The molecule has 1 saturated heterocycles. The van der Waals surface area contributed by atoms with Crippen LogP contribution in [0.15, 0.2) is 11.1 Å². The van der Waals surface area contributed by atoms with Crippen molar-refractivity contribution in [2.45, 2.75) is 30.9 Å². The van der Waals surface area contributed by atoms with Gasteiger partial charge in [0.1, 0.15) is 18.3 Å². The van der Waals surface area contributed by atoms with Crippen LogP contribution in [0.25, 0.3) is 11.2 Å². The van der Waals surface area contributed by atoms with Gasteiger partial charge in [-0.3, -0.25) is 19.1 Å². The molecule has 13 heteroatoms. The van der Waals surface area contributed by atoms with Crippen molar-refractivity contribution < 1.29 is 32.9 Å². The number of H-pyrrole nitrogens is 1. The van der Waals surface area contributed by atoms with Crippen molar-refractivity contribution in [1.82, 2.24) is 19.5 Å². The van der Waals surface area contributed by atoms with E-state index in [2.05, 4.69) is 19.7 Å². The largest absolute Gasteiger partial charge is 0.522 e. The Labute approximate surface area is 130 Å². The minimum absolute atomic E-state index is 0.0510. The molecule has 3 heterocycles. The highest BCUT2D eigenvalue weighted by Gasteiger charge is 2.46. The number of nitrogen functional groups attached to an aromatic ring is 1. The lowest BCUT2D eigenvalue weighted by Crippen LogP contribution is -2.35. The van der Waals surface area contributed by atoms with Gasteiger partial charge in [-0.05, 0) is 0 Å². The average Bonchev–Trinajstić information content (AvgIpc) is 3.00. The summed E-state index contributed by atoms with van der Waals surface area (Å²) < 4.78 is 46.2. The maximum atomic E-state index is 12.1. The summed E-state index contributed by atoms with van der Waals surface area (Å²) in [5.74, 6) is -0.223. The highest BCUT2D eigenvalue weighted by atomic mass is 19.4. The number of fused-ring (bicyclic) bond motifs is 1. The quantitative estimate of drug-likeness (QED) is 0.542. The number of hydrogen-bond donors (Lipinski definition) is 4. The average molecular weight is 351 g/mol. The number of nitrogens with one attached hydrogen (secondary N) is 1. The maximum absolute atomic E-state index is 12.1. The molecule has 10 nitrogen and oxygen atoms in total. The SMILES string of the molecule is Nc1nc2c(ncn2[C@@H]2O[C@H](COC(F)(F)F)[C@@H](O)[C@H]2O)c(=O)[nH]1. The van der Waals surface area contributed by atoms with Crippen LogP contribution in [0.1, 0.15) is 6.23 Å². The van der Waals surface area contributed by atoms with Gasteiger partial charge in [-0.15, -0.1) is 13.2 Å². The monoisotopic (exact) mass is 351 g/mol. The third kappa shape index (κ3) is 2.93. The summed E-state index contributed by atoms with van der Waals surface area (Å²) in [5.41, 5.74) is 4.64. The number of rotatable bonds is 3. The fourth-order valence-corrected chi connectivity index (χ4v) is 2.40. The van der Waals surface area contributed by atoms with Gasteiger partial charge in [0.25, 0.3) is 5.56 Å². The minimum Gasteiger partial charge on any atom is -0.387 e. The summed E-state index contributed by atoms with van der Waals surface area (Å²) in [4.78, 5) is 21.6. The van der Waals surface area contributed by atoms with Gasteiger partial charge in [0.05, 0.1) is 12.9 Å². The lowest BCUT2D eigenvalue weighted by Gasteiger charge is -2.16. The summed E-state index contributed by atoms with van der Waals surface area (Å²) in [6, 6.07) is 0. The second kappa shape index (κ2) is 5.70. The first-order chi connectivity index (χ1) is 11.2. The van der Waals surface area contributed by atoms with Crippen LogP contribution < -0.4 is 11.3 Å². The molecule has 0 aromatic carbocycles. The van der Waals surface area contributed by atoms with Gasteiger partial charge in [0.2, 0.25) is 5.95 Å². The molecule has 1 aliphatic rings. The molecular formula is C11H12F3N5O5. The van der Waals surface area contributed by atoms with E-state index >= 15 is 0 Å². The van der Waals surface area contributed by atoms with Crippen LogP contribution in [0.2, 0.25) is 0 Å². The third-order valence-corrected chi connectivity index (χ3v) is 3.47. The summed E-state index contributed by atoms with van der Waals surface area (Å²) >= 11 is 0. The van der Waals surface area contributed by atoms with Crippen molar-refractivity contribution in [3.8, 4) is 0 Å². The summed E-state index contributed by atoms with van der Waals surface area (Å²) in [6.45, 7) is -1.01. The molecule has 0 bridgehead atoms. The number of nitrogens with two attached hydrogens (primary N) is 1. The van der Waals surface area contributed by atoms with E-state index in [-0.39, 0.29) is 17.1 Å². The molecule has 0 spiro atoms. The topological polar surface area (TPSA) is 149 Å². The van der Waals surface area contributed by atoms with Crippen molar-refractivity contribution in [3.05, 3.63) is 16.7 Å². The number of imidazole rings is 1. The first-order valence-corrected chi connectivity index (χ1v) is 6.62. The first kappa shape index (κ1) is 16.6. The Hall–Kier alpha value is -2.22. The molecule has 2 aromatic rings. The molecule has 0 amide bonds. The van der Waals surface area contributed by atoms with Crippen molar-refractivity contribution in [2.75, 3.05) is 12.3 Å². The normalized spacial score (nSPS) is 27.9. The van der Waals surface area contributed by atoms with Crippen molar-refractivity contribution in [3.63, 3.8) is 0 Å². The van der Waals surface area contributed by atoms with E-state index in [0.29, 0.717) is 0 Å². The highest BCUT2D eigenvalue weighted by molar-refractivity contribution is 5.70. The molecule has 3 rings (SSSR count). The lowest BCUT2D eigenvalue weighted by molar-refractivity contribution is -0.333. The Bertz CT molecular complexity index is 805. The standard InChI is InChI=1S/C11H12F3N5O5/c12-11(13,14)23-1-3-5(20)6(21)9(24-3)19-2-16-4-7(19)17-10(15)18-8(4)22/h2-3,5-6,9,20-21H,1H2,(H3,15,17,18,22)/t3-,5-,6-,9-/m1/s1. The van der Waals surface area contributed by atoms with Gasteiger partial charge in [-0.25, -0.2) is 4.98 Å². The van der Waals surface area contributed by atoms with Crippen molar-refractivity contribution >= 4 is 17.1 Å². The number of alkyl halides is 3. The van der Waals surface area contributed by atoms with E-state index in [0.717, 1.165) is 10.9 Å². The molecule has 4 atom stereocenters. The van der Waals surface area contributed by atoms with Crippen LogP contribution in [0, 0.1) is 0 Å². The molecule has 0 unspecified atom stereocenters. The third-order valence-electron chi connectivity index (χ3n) is 3.47. The Morgan fingerprint density at radius 2 is 2.12 bits per heavy atom. The molecule has 132 valence electrons. The van der Waals surface area contributed by atoms with Crippen molar-refractivity contribution in [2.24, 2.45) is 0 Å². The molecular weight excluding hydrogens is 339 g/mol. The Kier molecular flexibility index (Phi) is 3.95. The molecule has 1 fully saturated rings. The van der Waals surface area contributed by atoms with E-state index in [1.54, 1.807) is 0 Å². The Morgan fingerprint density at radius 1 is 1.42 bits per heavy atom. The van der Waals surface area contributed by atoms with E-state index in [1.807, 2.05) is 0 Å². The fourth-order valence-electron chi connectivity index (χ4n) is 2.40. The van der Waals surface area contributed by atoms with Gasteiger partial charge in [-0.2, -0.15) is 4.98 Å². The summed E-state index contributed by atoms with van der Waals surface area (Å²) in [6.07, 6.45) is -9.80. The molecule has 1 aliphatic heterocycles. The predicted molar refractivity (Wildman–Crippen MR) is 70.5 cm³/mol. The zero-order valence-corrected chi connectivity index (χ0v) is 11.8. The van der Waals surface area contributed by atoms with Crippen molar-refractivity contribution in [1.29, 1.82) is 0 Å². The summed E-state index contributed by atoms with van der Waals surface area (Å²) in [7, 11) is 0. The molecule has 0 radical (unpaired) electrons. The molecule has 24 heavy (non-hydrogen) atoms. The number of aromatic nitrogens is 4. The van der Waals surface area contributed by atoms with Crippen LogP contribution in [0.5, 0.6) is 0 Å². The highest BCUT2D eigenvalue weighted by Crippen LogP contribution is 2.32. The predicted octanol–water partition coefficient (Wildman–Crippen LogP) is -1.14. The van der Waals surface area contributed by atoms with Crippen LogP contribution >= 0.6 is 0 Å². The van der Waals surface area contributed by atoms with Gasteiger partial charge in [0.15, 0.2) is 17.4 Å². The number of aromatic amines is 1. The fraction of sp³-hybridized carbons (Fsp3) is 0.545. The first-order valence-electron chi connectivity index (χ1n) is 6.62. The van der Waals surface area contributed by atoms with Gasteiger partial charge in [-0.1, -0.05) is 0 Å². The zero-order chi connectivity index (χ0) is 17.6. The van der Waals surface area contributed by atoms with Crippen LogP contribution in [-0.2, 0) is 9.47 Å². The number of nitrogens with zero attached hydrogens (tertiary/aromatic N) is 3. The van der Waals surface area contributed by atoms with E-state index in [9.17, 15) is 28.2 Å². The smallest absolute Gasteiger partial charge is 0.387 e. The van der Waals surface area contributed by atoms with Crippen LogP contribution in [0.4, 0.5) is 19.1 Å². The number of aliphatic hydroxyl groups is 2. The minimum atomic E-state index is -4.91. The second-order valence-corrected chi connectivity index (χ2v) is 5.08. The number of halogens is 3. The number of ether oxygens (including phenoxy) is 2. The van der Waals surface area contributed by atoms with Crippen LogP contribution in [-0.4, -0.2) is 61.0 Å². The number of aliphatic hydroxyl groups excluding tert-OH is 2. The zero-order valence-electron chi connectivity index (χ0n) is 11.8.